The number of thiophene rings is 1. The number of nitrogens with zero attached hydrogens (tertiary/aromatic N) is 2. The van der Waals surface area contributed by atoms with E-state index >= 15 is 0 Å². The van der Waals surface area contributed by atoms with Gasteiger partial charge in [0.1, 0.15) is 5.75 Å². The van der Waals surface area contributed by atoms with E-state index in [1.807, 2.05) is 18.2 Å². The molecule has 172 valence electrons. The lowest BCUT2D eigenvalue weighted by Gasteiger charge is -2.12. The van der Waals surface area contributed by atoms with Gasteiger partial charge in [-0.15, -0.1) is 11.3 Å². The summed E-state index contributed by atoms with van der Waals surface area (Å²) in [6.07, 6.45) is 0. The molecule has 5 heteroatoms. The maximum atomic E-state index is 10.5. The zero-order valence-electron chi connectivity index (χ0n) is 19.4. The Morgan fingerprint density at radius 2 is 1.39 bits per heavy atom. The van der Waals surface area contributed by atoms with E-state index in [1.54, 1.807) is 30.6 Å². The van der Waals surface area contributed by atoms with Crippen molar-refractivity contribution in [1.29, 1.82) is 0 Å². The molecule has 0 saturated heterocycles. The van der Waals surface area contributed by atoms with Crippen molar-refractivity contribution in [2.75, 3.05) is 7.11 Å². The molecule has 0 aliphatic rings. The van der Waals surface area contributed by atoms with E-state index in [9.17, 15) is 5.11 Å². The van der Waals surface area contributed by atoms with Gasteiger partial charge < -0.3 is 9.84 Å². The van der Waals surface area contributed by atoms with E-state index in [0.717, 1.165) is 16.6 Å². The molecular formula is C31H20N2O2S. The van der Waals surface area contributed by atoms with E-state index in [1.165, 1.54) is 36.3 Å². The van der Waals surface area contributed by atoms with Crippen molar-refractivity contribution in [1.82, 2.24) is 9.97 Å². The van der Waals surface area contributed by atoms with Crippen molar-refractivity contribution in [2.24, 2.45) is 0 Å². The zero-order chi connectivity index (χ0) is 24.2. The summed E-state index contributed by atoms with van der Waals surface area (Å²) >= 11 is 1.80. The Morgan fingerprint density at radius 3 is 2.22 bits per heavy atom. The summed E-state index contributed by atoms with van der Waals surface area (Å²) in [5.41, 5.74) is 2.32. The number of aromatic nitrogens is 2. The van der Waals surface area contributed by atoms with Crippen LogP contribution in [-0.4, -0.2) is 22.2 Å². The van der Waals surface area contributed by atoms with Gasteiger partial charge in [-0.2, -0.15) is 4.98 Å². The van der Waals surface area contributed by atoms with Crippen LogP contribution in [0.5, 0.6) is 11.6 Å². The lowest BCUT2D eigenvalue weighted by Crippen LogP contribution is -1.97. The van der Waals surface area contributed by atoms with Crippen molar-refractivity contribution in [3.05, 3.63) is 97.1 Å². The average Bonchev–Trinajstić information content (AvgIpc) is 3.32. The maximum Gasteiger partial charge on any atom is 0.217 e. The number of fused-ring (bicyclic) bond motifs is 7. The Kier molecular flexibility index (Phi) is 4.66. The molecule has 1 N–H and O–H groups in total. The first-order valence-electron chi connectivity index (χ1n) is 11.7. The van der Waals surface area contributed by atoms with Crippen LogP contribution in [0.25, 0.3) is 64.4 Å². The highest BCUT2D eigenvalue weighted by molar-refractivity contribution is 7.26. The van der Waals surface area contributed by atoms with Gasteiger partial charge in [-0.1, -0.05) is 66.7 Å². The average molecular weight is 485 g/mol. The Hall–Kier alpha value is -4.48. The molecule has 7 rings (SSSR count). The van der Waals surface area contributed by atoms with Crippen LogP contribution in [0.2, 0.25) is 0 Å². The summed E-state index contributed by atoms with van der Waals surface area (Å²) < 4.78 is 8.01. The van der Waals surface area contributed by atoms with E-state index < -0.39 is 0 Å². The maximum absolute atomic E-state index is 10.5. The number of phenols is 1. The largest absolute Gasteiger partial charge is 0.507 e. The molecule has 0 bridgehead atoms. The van der Waals surface area contributed by atoms with Gasteiger partial charge in [0.15, 0.2) is 5.82 Å². The molecule has 0 aliphatic carbocycles. The molecule has 0 fully saturated rings. The highest BCUT2D eigenvalue weighted by Crippen LogP contribution is 2.45. The van der Waals surface area contributed by atoms with Crippen LogP contribution in [0.3, 0.4) is 0 Å². The summed E-state index contributed by atoms with van der Waals surface area (Å²) in [6, 6.07) is 32.7. The van der Waals surface area contributed by atoms with Crippen LogP contribution in [0.4, 0.5) is 0 Å². The zero-order valence-corrected chi connectivity index (χ0v) is 20.2. The van der Waals surface area contributed by atoms with Crippen molar-refractivity contribution in [2.45, 2.75) is 0 Å². The summed E-state index contributed by atoms with van der Waals surface area (Å²) in [5, 5.41) is 17.8. The fraction of sp³-hybridized carbons (Fsp3) is 0.0323. The SMILES string of the molecule is COc1cc(-c2cc3sc4ccc5ccccc5c4c3c3ccccc23)nc(-c2ccccc2O)n1. The number of phenolic OH excluding ortho intramolecular Hbond substituents is 1. The highest BCUT2D eigenvalue weighted by atomic mass is 32.1. The molecule has 2 aromatic heterocycles. The third kappa shape index (κ3) is 3.13. The molecule has 2 heterocycles. The number of benzene rings is 5. The van der Waals surface area contributed by atoms with Crippen LogP contribution >= 0.6 is 11.3 Å². The molecule has 0 aliphatic heterocycles. The van der Waals surface area contributed by atoms with Gasteiger partial charge in [0.25, 0.3) is 0 Å². The highest BCUT2D eigenvalue weighted by Gasteiger charge is 2.18. The van der Waals surface area contributed by atoms with Crippen LogP contribution < -0.4 is 4.74 Å². The minimum atomic E-state index is 0.133. The third-order valence-corrected chi connectivity index (χ3v) is 7.80. The number of rotatable bonds is 3. The minimum Gasteiger partial charge on any atom is -0.507 e. The minimum absolute atomic E-state index is 0.133. The quantitative estimate of drug-likeness (QED) is 0.275. The van der Waals surface area contributed by atoms with Crippen LogP contribution in [0.1, 0.15) is 0 Å². The van der Waals surface area contributed by atoms with Gasteiger partial charge in [0, 0.05) is 31.8 Å². The standard InChI is InChI=1S/C31H20N2O2S/c1-35-28-17-24(32-31(33-28)22-12-6-7-13-25(22)34)23-16-27-30(21-11-5-4-10-20(21)23)29-19-9-3-2-8-18(19)14-15-26(29)36-27/h2-17,34H,1H3. The van der Waals surface area contributed by atoms with Crippen LogP contribution in [0.15, 0.2) is 97.1 Å². The predicted molar refractivity (Wildman–Crippen MR) is 149 cm³/mol. The summed E-state index contributed by atoms with van der Waals surface area (Å²) in [4.78, 5) is 9.43. The molecule has 0 atom stereocenters. The fourth-order valence-corrected chi connectivity index (χ4v) is 6.24. The van der Waals surface area contributed by atoms with Crippen LogP contribution in [-0.2, 0) is 0 Å². The van der Waals surface area contributed by atoms with Gasteiger partial charge >= 0.3 is 0 Å². The number of methoxy groups -OCH3 is 1. The van der Waals surface area contributed by atoms with Crippen LogP contribution in [0, 0.1) is 0 Å². The molecular weight excluding hydrogens is 464 g/mol. The summed E-state index contributed by atoms with van der Waals surface area (Å²) in [6.45, 7) is 0. The number of hydrogen-bond acceptors (Lipinski definition) is 5. The summed E-state index contributed by atoms with van der Waals surface area (Å²) in [5.74, 6) is 1.01. The Labute approximate surface area is 211 Å². The number of para-hydroxylation sites is 1. The van der Waals surface area contributed by atoms with Gasteiger partial charge in [-0.05, 0) is 45.8 Å². The van der Waals surface area contributed by atoms with Crippen molar-refractivity contribution < 1.29 is 9.84 Å². The second-order valence-corrected chi connectivity index (χ2v) is 9.82. The smallest absolute Gasteiger partial charge is 0.217 e. The second-order valence-electron chi connectivity index (χ2n) is 8.74. The first-order chi connectivity index (χ1) is 17.7. The summed E-state index contributed by atoms with van der Waals surface area (Å²) in [7, 11) is 1.60. The molecule has 0 unspecified atom stereocenters. The molecule has 0 radical (unpaired) electrons. The number of ether oxygens (including phenoxy) is 1. The Bertz CT molecular complexity index is 1960. The van der Waals surface area contributed by atoms with Gasteiger partial charge in [0.2, 0.25) is 5.88 Å². The van der Waals surface area contributed by atoms with Gasteiger partial charge in [-0.3, -0.25) is 0 Å². The fourth-order valence-electron chi connectivity index (χ4n) is 5.06. The van der Waals surface area contributed by atoms with E-state index in [-0.39, 0.29) is 5.75 Å². The van der Waals surface area contributed by atoms with Crippen molar-refractivity contribution in [3.63, 3.8) is 0 Å². The number of aromatic hydroxyl groups is 1. The molecule has 5 aromatic carbocycles. The monoisotopic (exact) mass is 484 g/mol. The Morgan fingerprint density at radius 1 is 0.667 bits per heavy atom. The van der Waals surface area contributed by atoms with E-state index in [4.69, 9.17) is 9.72 Å². The molecule has 0 spiro atoms. The molecule has 7 aromatic rings. The van der Waals surface area contributed by atoms with Gasteiger partial charge in [0.05, 0.1) is 18.4 Å². The topological polar surface area (TPSA) is 55.2 Å². The third-order valence-electron chi connectivity index (χ3n) is 6.70. The second kappa shape index (κ2) is 8.04. The lowest BCUT2D eigenvalue weighted by atomic mass is 9.95. The first kappa shape index (κ1) is 20.9. The Balaban J connectivity index is 1.58. The molecule has 36 heavy (non-hydrogen) atoms. The predicted octanol–water partition coefficient (Wildman–Crippen LogP) is 8.20. The normalized spacial score (nSPS) is 11.6. The lowest BCUT2D eigenvalue weighted by molar-refractivity contribution is 0.397. The molecule has 4 nitrogen and oxygen atoms in total. The number of hydrogen-bond donors (Lipinski definition) is 1. The van der Waals surface area contributed by atoms with E-state index in [0.29, 0.717) is 17.3 Å². The molecule has 0 amide bonds. The van der Waals surface area contributed by atoms with Gasteiger partial charge in [-0.25, -0.2) is 4.98 Å². The van der Waals surface area contributed by atoms with Crippen molar-refractivity contribution in [3.8, 4) is 34.3 Å². The molecule has 0 saturated carbocycles. The van der Waals surface area contributed by atoms with E-state index in [2.05, 4.69) is 71.7 Å². The van der Waals surface area contributed by atoms with Crippen molar-refractivity contribution >= 4 is 53.1 Å². The first-order valence-corrected chi connectivity index (χ1v) is 12.5.